The number of morpholine rings is 1. The van der Waals surface area contributed by atoms with Gasteiger partial charge in [0.15, 0.2) is 0 Å². The van der Waals surface area contributed by atoms with Crippen molar-refractivity contribution in [3.63, 3.8) is 0 Å². The lowest BCUT2D eigenvalue weighted by molar-refractivity contribution is 0.0255. The summed E-state index contributed by atoms with van der Waals surface area (Å²) in [5.74, 6) is 1.81. The molecule has 0 amide bonds. The van der Waals surface area contributed by atoms with Crippen LogP contribution >= 0.6 is 0 Å². The molecule has 1 saturated heterocycles. The first kappa shape index (κ1) is 11.2. The Kier molecular flexibility index (Phi) is 2.98. The van der Waals surface area contributed by atoms with E-state index >= 15 is 0 Å². The fourth-order valence-electron chi connectivity index (χ4n) is 2.12. The number of hydrogen-bond donors (Lipinski definition) is 0. The number of ether oxygens (including phenoxy) is 1. The van der Waals surface area contributed by atoms with Gasteiger partial charge in [-0.2, -0.15) is 0 Å². The number of rotatable bonds is 2. The SMILES string of the molecule is Cc1cc(N2CCOC(c3ccco3)C2)ncn1. The molecule has 1 aliphatic rings. The van der Waals surface area contributed by atoms with Crippen molar-refractivity contribution in [2.75, 3.05) is 24.6 Å². The Bertz CT molecular complexity index is 513. The van der Waals surface area contributed by atoms with E-state index < -0.39 is 0 Å². The van der Waals surface area contributed by atoms with Gasteiger partial charge in [-0.3, -0.25) is 0 Å². The Labute approximate surface area is 105 Å². The maximum absolute atomic E-state index is 5.73. The van der Waals surface area contributed by atoms with Crippen LogP contribution in [0, 0.1) is 6.92 Å². The molecule has 2 aromatic rings. The molecule has 0 aromatic carbocycles. The third-order valence-electron chi connectivity index (χ3n) is 3.04. The highest BCUT2D eigenvalue weighted by Gasteiger charge is 2.24. The molecule has 1 atom stereocenters. The van der Waals surface area contributed by atoms with Crippen LogP contribution in [0.25, 0.3) is 0 Å². The molecular weight excluding hydrogens is 230 g/mol. The number of anilines is 1. The molecule has 0 radical (unpaired) electrons. The van der Waals surface area contributed by atoms with E-state index in [4.69, 9.17) is 9.15 Å². The lowest BCUT2D eigenvalue weighted by Crippen LogP contribution is -2.38. The Morgan fingerprint density at radius 3 is 3.11 bits per heavy atom. The van der Waals surface area contributed by atoms with Crippen LogP contribution in [0.4, 0.5) is 5.82 Å². The minimum atomic E-state index is -0.0241. The van der Waals surface area contributed by atoms with Crippen molar-refractivity contribution in [1.82, 2.24) is 9.97 Å². The van der Waals surface area contributed by atoms with Crippen LogP contribution < -0.4 is 4.90 Å². The highest BCUT2D eigenvalue weighted by Crippen LogP contribution is 2.25. The van der Waals surface area contributed by atoms with Crippen LogP contribution in [-0.2, 0) is 4.74 Å². The van der Waals surface area contributed by atoms with E-state index in [1.165, 1.54) is 0 Å². The summed E-state index contributed by atoms with van der Waals surface area (Å²) in [6.07, 6.45) is 3.25. The van der Waals surface area contributed by atoms with Crippen molar-refractivity contribution in [3.8, 4) is 0 Å². The summed E-state index contributed by atoms with van der Waals surface area (Å²) in [6.45, 7) is 4.24. The molecule has 0 saturated carbocycles. The molecule has 1 fully saturated rings. The van der Waals surface area contributed by atoms with Gasteiger partial charge in [-0.25, -0.2) is 9.97 Å². The summed E-state index contributed by atoms with van der Waals surface area (Å²) in [6, 6.07) is 5.82. The number of aromatic nitrogens is 2. The van der Waals surface area contributed by atoms with E-state index in [0.29, 0.717) is 6.61 Å². The Hall–Kier alpha value is -1.88. The van der Waals surface area contributed by atoms with Gasteiger partial charge in [0.05, 0.1) is 19.4 Å². The quantitative estimate of drug-likeness (QED) is 0.809. The van der Waals surface area contributed by atoms with Gasteiger partial charge in [0, 0.05) is 18.3 Å². The second-order valence-corrected chi connectivity index (χ2v) is 4.34. The minimum absolute atomic E-state index is 0.0241. The normalized spacial score (nSPS) is 20.1. The highest BCUT2D eigenvalue weighted by molar-refractivity contribution is 5.39. The molecule has 1 unspecified atom stereocenters. The molecule has 1 aliphatic heterocycles. The predicted molar refractivity (Wildman–Crippen MR) is 66.4 cm³/mol. The number of hydrogen-bond acceptors (Lipinski definition) is 5. The minimum Gasteiger partial charge on any atom is -0.467 e. The third-order valence-corrected chi connectivity index (χ3v) is 3.04. The molecule has 18 heavy (non-hydrogen) atoms. The summed E-state index contributed by atoms with van der Waals surface area (Å²) in [5, 5.41) is 0. The van der Waals surface area contributed by atoms with Crippen LogP contribution in [0.1, 0.15) is 17.6 Å². The number of aryl methyl sites for hydroxylation is 1. The van der Waals surface area contributed by atoms with Crippen molar-refractivity contribution in [2.24, 2.45) is 0 Å². The van der Waals surface area contributed by atoms with Crippen LogP contribution in [0.2, 0.25) is 0 Å². The third kappa shape index (κ3) is 2.22. The lowest BCUT2D eigenvalue weighted by Gasteiger charge is -2.32. The second kappa shape index (κ2) is 4.78. The summed E-state index contributed by atoms with van der Waals surface area (Å²) in [7, 11) is 0. The molecule has 94 valence electrons. The zero-order valence-corrected chi connectivity index (χ0v) is 10.2. The molecule has 0 spiro atoms. The first-order valence-corrected chi connectivity index (χ1v) is 6.01. The van der Waals surface area contributed by atoms with E-state index in [2.05, 4.69) is 14.9 Å². The summed E-state index contributed by atoms with van der Waals surface area (Å²) in [4.78, 5) is 10.6. The number of furan rings is 1. The van der Waals surface area contributed by atoms with E-state index in [1.54, 1.807) is 12.6 Å². The average Bonchev–Trinajstić information content (AvgIpc) is 2.93. The molecule has 2 aromatic heterocycles. The van der Waals surface area contributed by atoms with Crippen LogP contribution in [0.5, 0.6) is 0 Å². The Morgan fingerprint density at radius 2 is 2.33 bits per heavy atom. The molecule has 3 rings (SSSR count). The van der Waals surface area contributed by atoms with Crippen molar-refractivity contribution >= 4 is 5.82 Å². The van der Waals surface area contributed by atoms with Crippen LogP contribution in [-0.4, -0.2) is 29.7 Å². The predicted octanol–water partition coefficient (Wildman–Crippen LogP) is 1.96. The van der Waals surface area contributed by atoms with Gasteiger partial charge in [-0.15, -0.1) is 0 Å². The Morgan fingerprint density at radius 1 is 1.39 bits per heavy atom. The van der Waals surface area contributed by atoms with E-state index in [1.807, 2.05) is 25.1 Å². The van der Waals surface area contributed by atoms with Gasteiger partial charge in [0.1, 0.15) is 24.0 Å². The highest BCUT2D eigenvalue weighted by atomic mass is 16.5. The van der Waals surface area contributed by atoms with Gasteiger partial charge in [0.25, 0.3) is 0 Å². The molecule has 3 heterocycles. The maximum atomic E-state index is 5.73. The number of nitrogens with zero attached hydrogens (tertiary/aromatic N) is 3. The van der Waals surface area contributed by atoms with Crippen molar-refractivity contribution < 1.29 is 9.15 Å². The lowest BCUT2D eigenvalue weighted by atomic mass is 10.2. The van der Waals surface area contributed by atoms with Crippen LogP contribution in [0.15, 0.2) is 35.2 Å². The fraction of sp³-hybridized carbons (Fsp3) is 0.385. The molecule has 0 bridgehead atoms. The van der Waals surface area contributed by atoms with Gasteiger partial charge in [-0.1, -0.05) is 0 Å². The van der Waals surface area contributed by atoms with Gasteiger partial charge >= 0.3 is 0 Å². The fourth-order valence-corrected chi connectivity index (χ4v) is 2.12. The molecule has 0 aliphatic carbocycles. The van der Waals surface area contributed by atoms with Crippen molar-refractivity contribution in [1.29, 1.82) is 0 Å². The summed E-state index contributed by atoms with van der Waals surface area (Å²) >= 11 is 0. The van der Waals surface area contributed by atoms with Gasteiger partial charge in [0.2, 0.25) is 0 Å². The molecule has 5 heteroatoms. The van der Waals surface area contributed by atoms with E-state index in [9.17, 15) is 0 Å². The second-order valence-electron chi connectivity index (χ2n) is 4.34. The largest absolute Gasteiger partial charge is 0.467 e. The van der Waals surface area contributed by atoms with Crippen molar-refractivity contribution in [2.45, 2.75) is 13.0 Å². The Balaban J connectivity index is 1.78. The first-order chi connectivity index (χ1) is 8.83. The monoisotopic (exact) mass is 245 g/mol. The molecule has 0 N–H and O–H groups in total. The standard InChI is InChI=1S/C13H15N3O2/c1-10-7-13(15-9-14-10)16-4-6-18-12(8-16)11-3-2-5-17-11/h2-3,5,7,9,12H,4,6,8H2,1H3. The van der Waals surface area contributed by atoms with Crippen LogP contribution in [0.3, 0.4) is 0 Å². The van der Waals surface area contributed by atoms with E-state index in [0.717, 1.165) is 30.4 Å². The first-order valence-electron chi connectivity index (χ1n) is 6.01. The topological polar surface area (TPSA) is 51.4 Å². The average molecular weight is 245 g/mol. The van der Waals surface area contributed by atoms with Gasteiger partial charge < -0.3 is 14.1 Å². The van der Waals surface area contributed by atoms with Crippen molar-refractivity contribution in [3.05, 3.63) is 42.2 Å². The zero-order valence-electron chi connectivity index (χ0n) is 10.2. The summed E-state index contributed by atoms with van der Waals surface area (Å²) in [5.41, 5.74) is 0.973. The van der Waals surface area contributed by atoms with E-state index in [-0.39, 0.29) is 6.10 Å². The maximum Gasteiger partial charge on any atom is 0.134 e. The smallest absolute Gasteiger partial charge is 0.134 e. The molecule has 5 nitrogen and oxygen atoms in total. The molecular formula is C13H15N3O2. The van der Waals surface area contributed by atoms with Gasteiger partial charge in [-0.05, 0) is 19.1 Å². The summed E-state index contributed by atoms with van der Waals surface area (Å²) < 4.78 is 11.1. The zero-order chi connectivity index (χ0) is 12.4.